The van der Waals surface area contributed by atoms with Crippen LogP contribution < -0.4 is 0 Å². The number of hydrogen-bond donors (Lipinski definition) is 0. The number of carbonyl (C=O) groups excluding carboxylic acids is 1. The second kappa shape index (κ2) is 3.73. The van der Waals surface area contributed by atoms with Crippen LogP contribution in [0.4, 0.5) is 0 Å². The van der Waals surface area contributed by atoms with Gasteiger partial charge in [0.25, 0.3) is 5.91 Å². The Morgan fingerprint density at radius 3 is 2.75 bits per heavy atom. The van der Waals surface area contributed by atoms with Crippen molar-refractivity contribution in [2.75, 3.05) is 0 Å². The van der Waals surface area contributed by atoms with Crippen LogP contribution in [0.15, 0.2) is 5.11 Å². The second-order valence-corrected chi connectivity index (χ2v) is 3.52. The Morgan fingerprint density at radius 2 is 2.33 bits per heavy atom. The molecule has 0 radical (unpaired) electrons. The number of halogens is 2. The second-order valence-electron chi connectivity index (χ2n) is 1.58. The first-order valence-corrected chi connectivity index (χ1v) is 4.13. The maximum Gasteiger partial charge on any atom is 0.262 e. The summed E-state index contributed by atoms with van der Waals surface area (Å²) >= 11 is 11.8. The van der Waals surface area contributed by atoms with Crippen molar-refractivity contribution in [2.24, 2.45) is 5.11 Å². The van der Waals surface area contributed by atoms with Crippen molar-refractivity contribution in [3.8, 4) is 0 Å². The molecular weight excluding hydrogens is 223 g/mol. The first-order chi connectivity index (χ1) is 5.65. The SMILES string of the molecule is [N-]=[N+]=NC(=O)c1sc(Cl)nc1Cl. The van der Waals surface area contributed by atoms with E-state index in [1.54, 1.807) is 0 Å². The largest absolute Gasteiger partial charge is 0.286 e. The van der Waals surface area contributed by atoms with Crippen LogP contribution in [-0.4, -0.2) is 10.9 Å². The number of rotatable bonds is 1. The van der Waals surface area contributed by atoms with Crippen molar-refractivity contribution in [3.05, 3.63) is 24.9 Å². The molecule has 0 aromatic carbocycles. The van der Waals surface area contributed by atoms with Gasteiger partial charge in [0.15, 0.2) is 9.62 Å². The van der Waals surface area contributed by atoms with E-state index in [1.165, 1.54) is 0 Å². The molecule has 0 spiro atoms. The van der Waals surface area contributed by atoms with Gasteiger partial charge in [-0.15, -0.1) is 0 Å². The summed E-state index contributed by atoms with van der Waals surface area (Å²) in [7, 11) is 0. The van der Waals surface area contributed by atoms with E-state index >= 15 is 0 Å². The zero-order valence-electron chi connectivity index (χ0n) is 5.36. The smallest absolute Gasteiger partial charge is 0.262 e. The number of amides is 1. The third-order valence-electron chi connectivity index (χ3n) is 0.889. The Balaban J connectivity index is 3.10. The van der Waals surface area contributed by atoms with E-state index in [-0.39, 0.29) is 14.5 Å². The van der Waals surface area contributed by atoms with Gasteiger partial charge < -0.3 is 0 Å². The van der Waals surface area contributed by atoms with E-state index in [1.807, 2.05) is 0 Å². The summed E-state index contributed by atoms with van der Waals surface area (Å²) in [5.41, 5.74) is 7.94. The molecule has 1 rings (SSSR count). The quantitative estimate of drug-likeness (QED) is 0.416. The lowest BCUT2D eigenvalue weighted by atomic mass is 10.5. The number of hydrogen-bond acceptors (Lipinski definition) is 3. The van der Waals surface area contributed by atoms with Gasteiger partial charge >= 0.3 is 0 Å². The van der Waals surface area contributed by atoms with Crippen LogP contribution in [-0.2, 0) is 0 Å². The van der Waals surface area contributed by atoms with Gasteiger partial charge in [0.05, 0.1) is 0 Å². The maximum atomic E-state index is 10.9. The molecule has 0 aliphatic rings. The third-order valence-corrected chi connectivity index (χ3v) is 2.42. The third kappa shape index (κ3) is 1.86. The standard InChI is InChI=1S/C4Cl2N4OS/c5-2-1(3(11)9-10-7)12-4(6)8-2. The molecule has 0 unspecified atom stereocenters. The van der Waals surface area contributed by atoms with E-state index in [9.17, 15) is 4.79 Å². The number of thiazole rings is 1. The monoisotopic (exact) mass is 222 g/mol. The molecule has 0 aliphatic heterocycles. The van der Waals surface area contributed by atoms with Gasteiger partial charge in [0, 0.05) is 4.91 Å². The molecule has 1 aromatic rings. The van der Waals surface area contributed by atoms with E-state index in [0.717, 1.165) is 11.3 Å². The summed E-state index contributed by atoms with van der Waals surface area (Å²) in [6.07, 6.45) is 0. The van der Waals surface area contributed by atoms with E-state index in [4.69, 9.17) is 28.7 Å². The molecule has 0 bridgehead atoms. The molecule has 1 amide bonds. The summed E-state index contributed by atoms with van der Waals surface area (Å²) in [6, 6.07) is 0. The number of nitrogens with zero attached hydrogens (tertiary/aromatic N) is 4. The van der Waals surface area contributed by atoms with Gasteiger partial charge in [-0.1, -0.05) is 34.5 Å². The van der Waals surface area contributed by atoms with Crippen LogP contribution in [0.3, 0.4) is 0 Å². The van der Waals surface area contributed by atoms with Crippen molar-refractivity contribution in [1.82, 2.24) is 4.98 Å². The maximum absolute atomic E-state index is 10.9. The van der Waals surface area contributed by atoms with Crippen molar-refractivity contribution < 1.29 is 4.79 Å². The predicted molar refractivity (Wildman–Crippen MR) is 45.6 cm³/mol. The van der Waals surface area contributed by atoms with Gasteiger partial charge in [-0.25, -0.2) is 4.98 Å². The summed E-state index contributed by atoms with van der Waals surface area (Å²) in [6.45, 7) is 0. The molecule has 0 fully saturated rings. The van der Waals surface area contributed by atoms with Crippen LogP contribution in [0.5, 0.6) is 0 Å². The number of azide groups is 1. The molecule has 0 atom stereocenters. The highest BCUT2D eigenvalue weighted by molar-refractivity contribution is 7.18. The van der Waals surface area contributed by atoms with Crippen LogP contribution in [0, 0.1) is 0 Å². The van der Waals surface area contributed by atoms with Crippen molar-refractivity contribution in [3.63, 3.8) is 0 Å². The average Bonchev–Trinajstić information content (AvgIpc) is 2.30. The van der Waals surface area contributed by atoms with Gasteiger partial charge in [-0.3, -0.25) is 4.79 Å². The lowest BCUT2D eigenvalue weighted by Gasteiger charge is -1.83. The molecule has 0 N–H and O–H groups in total. The molecule has 12 heavy (non-hydrogen) atoms. The first-order valence-electron chi connectivity index (χ1n) is 2.56. The van der Waals surface area contributed by atoms with Crippen LogP contribution in [0.25, 0.3) is 10.4 Å². The summed E-state index contributed by atoms with van der Waals surface area (Å²) in [5, 5.41) is 2.80. The number of carbonyl (C=O) groups is 1. The van der Waals surface area contributed by atoms with Crippen molar-refractivity contribution in [2.45, 2.75) is 0 Å². The van der Waals surface area contributed by atoms with Crippen LogP contribution in [0.2, 0.25) is 9.62 Å². The Kier molecular flexibility index (Phi) is 2.88. The van der Waals surface area contributed by atoms with Crippen LogP contribution >= 0.6 is 34.5 Å². The Morgan fingerprint density at radius 1 is 1.67 bits per heavy atom. The molecule has 1 heterocycles. The summed E-state index contributed by atoms with van der Waals surface area (Å²) < 4.78 is 0.136. The van der Waals surface area contributed by atoms with E-state index in [0.29, 0.717) is 0 Å². The molecule has 62 valence electrons. The van der Waals surface area contributed by atoms with Gasteiger partial charge in [0.2, 0.25) is 0 Å². The van der Waals surface area contributed by atoms with Crippen molar-refractivity contribution >= 4 is 40.4 Å². The Hall–Kier alpha value is -0.810. The lowest BCUT2D eigenvalue weighted by Crippen LogP contribution is -1.88. The first kappa shape index (κ1) is 9.28. The van der Waals surface area contributed by atoms with E-state index < -0.39 is 5.91 Å². The van der Waals surface area contributed by atoms with Gasteiger partial charge in [-0.05, 0) is 10.6 Å². The fourth-order valence-corrected chi connectivity index (χ4v) is 1.75. The molecule has 0 saturated heterocycles. The normalized spacial score (nSPS) is 9.17. The molecular formula is C4Cl2N4OS. The Bertz CT molecular complexity index is 369. The summed E-state index contributed by atoms with van der Waals surface area (Å²) in [5.74, 6) is -0.771. The number of aromatic nitrogens is 1. The topological polar surface area (TPSA) is 78.7 Å². The fourth-order valence-electron chi connectivity index (χ4n) is 0.495. The molecule has 1 aromatic heterocycles. The van der Waals surface area contributed by atoms with Crippen molar-refractivity contribution in [1.29, 1.82) is 0 Å². The highest BCUT2D eigenvalue weighted by Gasteiger charge is 2.13. The fraction of sp³-hybridized carbons (Fsp3) is 0. The highest BCUT2D eigenvalue weighted by atomic mass is 35.5. The molecule has 0 saturated carbocycles. The molecule has 8 heteroatoms. The van der Waals surface area contributed by atoms with Crippen LogP contribution in [0.1, 0.15) is 9.67 Å². The molecule has 5 nitrogen and oxygen atoms in total. The molecule has 0 aliphatic carbocycles. The minimum absolute atomic E-state index is 0.0394. The van der Waals surface area contributed by atoms with Gasteiger partial charge in [-0.2, -0.15) is 0 Å². The zero-order valence-corrected chi connectivity index (χ0v) is 7.69. The predicted octanol–water partition coefficient (Wildman–Crippen LogP) is 2.90. The minimum atomic E-state index is -0.771. The minimum Gasteiger partial charge on any atom is -0.286 e. The average molecular weight is 223 g/mol. The highest BCUT2D eigenvalue weighted by Crippen LogP contribution is 2.26. The Labute approximate surface area is 80.6 Å². The lowest BCUT2D eigenvalue weighted by molar-refractivity contribution is 0.100. The summed E-state index contributed by atoms with van der Waals surface area (Å²) in [4.78, 5) is 16.8. The van der Waals surface area contributed by atoms with E-state index in [2.05, 4.69) is 15.0 Å². The zero-order chi connectivity index (χ0) is 9.14. The van der Waals surface area contributed by atoms with Gasteiger partial charge in [0.1, 0.15) is 4.88 Å².